The number of ether oxygens (including phenoxy) is 1. The van der Waals surface area contributed by atoms with Crippen LogP contribution in [0.1, 0.15) is 50.0 Å². The van der Waals surface area contributed by atoms with Gasteiger partial charge in [-0.15, -0.1) is 0 Å². The first-order chi connectivity index (χ1) is 16.3. The smallest absolute Gasteiger partial charge is 0.227 e. The molecule has 1 saturated carbocycles. The molecule has 0 spiro atoms. The molecule has 0 bridgehead atoms. The predicted octanol–water partition coefficient (Wildman–Crippen LogP) is 4.69. The second kappa shape index (κ2) is 12.1. The van der Waals surface area contributed by atoms with Crippen LogP contribution >= 0.6 is 0 Å². The van der Waals surface area contributed by atoms with Crippen LogP contribution in [0, 0.1) is 5.92 Å². The van der Waals surface area contributed by atoms with E-state index < -0.39 is 0 Å². The molecule has 0 radical (unpaired) electrons. The molecule has 1 heterocycles. The molecule has 5 heteroatoms. The van der Waals surface area contributed by atoms with E-state index in [1.807, 2.05) is 18.2 Å². The fourth-order valence-corrected chi connectivity index (χ4v) is 5.49. The van der Waals surface area contributed by atoms with Crippen molar-refractivity contribution in [3.63, 3.8) is 0 Å². The molecule has 1 saturated heterocycles. The average molecular weight is 450 g/mol. The van der Waals surface area contributed by atoms with Crippen molar-refractivity contribution < 1.29 is 9.53 Å². The molecule has 2 aromatic carbocycles. The molecule has 1 amide bonds. The lowest BCUT2D eigenvalue weighted by Crippen LogP contribution is -2.47. The summed E-state index contributed by atoms with van der Waals surface area (Å²) in [7, 11) is 1.74. The molecule has 4 rings (SSSR count). The molecule has 1 aliphatic carbocycles. The third kappa shape index (κ3) is 6.29. The minimum absolute atomic E-state index is 0.00380. The van der Waals surface area contributed by atoms with Gasteiger partial charge >= 0.3 is 0 Å². The van der Waals surface area contributed by atoms with Gasteiger partial charge in [0.05, 0.1) is 18.7 Å². The lowest BCUT2D eigenvalue weighted by molar-refractivity contribution is -0.124. The minimum Gasteiger partial charge on any atom is -0.495 e. The zero-order valence-corrected chi connectivity index (χ0v) is 20.0. The second-order valence-corrected chi connectivity index (χ2v) is 9.43. The number of carbonyl (C=O) groups is 1. The Bertz CT molecular complexity index is 858. The number of anilines is 1. The Morgan fingerprint density at radius 3 is 2.39 bits per heavy atom. The largest absolute Gasteiger partial charge is 0.495 e. The molecule has 1 N–H and O–H groups in total. The molecule has 33 heavy (non-hydrogen) atoms. The standard InChI is InChI=1S/C28H39N3O2/c1-33-26-16-9-8-15-25(26)31-21-19-30(20-22-31)18-10-17-29-28(32)27(23-11-4-2-5-12-23)24-13-6-3-7-14-24/h2,4-5,8-9,11-12,15-16,24,27H,3,6-7,10,13-14,17-22H2,1H3,(H,29,32). The second-order valence-electron chi connectivity index (χ2n) is 9.43. The highest BCUT2D eigenvalue weighted by molar-refractivity contribution is 5.84. The number of methoxy groups -OCH3 is 1. The van der Waals surface area contributed by atoms with E-state index in [4.69, 9.17) is 4.74 Å². The van der Waals surface area contributed by atoms with Gasteiger partial charge in [-0.2, -0.15) is 0 Å². The quantitative estimate of drug-likeness (QED) is 0.564. The van der Waals surface area contributed by atoms with E-state index in [9.17, 15) is 4.79 Å². The van der Waals surface area contributed by atoms with Gasteiger partial charge in [-0.05, 0) is 49.4 Å². The first-order valence-corrected chi connectivity index (χ1v) is 12.7. The Morgan fingerprint density at radius 2 is 1.67 bits per heavy atom. The SMILES string of the molecule is COc1ccccc1N1CCN(CCCNC(=O)C(c2ccccc2)C2CCCCC2)CC1. The average Bonchev–Trinajstić information content (AvgIpc) is 2.88. The van der Waals surface area contributed by atoms with Crippen molar-refractivity contribution in [1.29, 1.82) is 0 Å². The van der Waals surface area contributed by atoms with E-state index in [0.29, 0.717) is 5.92 Å². The highest BCUT2D eigenvalue weighted by Gasteiger charge is 2.30. The Morgan fingerprint density at radius 1 is 0.970 bits per heavy atom. The van der Waals surface area contributed by atoms with Crippen LogP contribution in [-0.2, 0) is 4.79 Å². The normalized spacial score (nSPS) is 18.6. The van der Waals surface area contributed by atoms with Gasteiger partial charge < -0.3 is 15.0 Å². The lowest BCUT2D eigenvalue weighted by Gasteiger charge is -2.36. The van der Waals surface area contributed by atoms with E-state index in [1.54, 1.807) is 7.11 Å². The van der Waals surface area contributed by atoms with Crippen LogP contribution in [0.2, 0.25) is 0 Å². The lowest BCUT2D eigenvalue weighted by atomic mass is 9.76. The number of piperazine rings is 1. The molecule has 2 fully saturated rings. The molecule has 5 nitrogen and oxygen atoms in total. The number of nitrogens with one attached hydrogen (secondary N) is 1. The van der Waals surface area contributed by atoms with Crippen molar-refractivity contribution in [3.05, 3.63) is 60.2 Å². The fraction of sp³-hybridized carbons (Fsp3) is 0.536. The first kappa shape index (κ1) is 23.6. The van der Waals surface area contributed by atoms with Crippen LogP contribution in [0.3, 0.4) is 0 Å². The van der Waals surface area contributed by atoms with E-state index >= 15 is 0 Å². The summed E-state index contributed by atoms with van der Waals surface area (Å²) >= 11 is 0. The van der Waals surface area contributed by atoms with Crippen molar-refractivity contribution in [2.45, 2.75) is 44.4 Å². The topological polar surface area (TPSA) is 44.8 Å². The zero-order valence-electron chi connectivity index (χ0n) is 20.0. The minimum atomic E-state index is -0.00380. The van der Waals surface area contributed by atoms with Crippen LogP contribution in [0.15, 0.2) is 54.6 Å². The number of amides is 1. The molecular weight excluding hydrogens is 410 g/mol. The molecular formula is C28H39N3O2. The number of hydrogen-bond acceptors (Lipinski definition) is 4. The van der Waals surface area contributed by atoms with Crippen molar-refractivity contribution in [1.82, 2.24) is 10.2 Å². The maximum absolute atomic E-state index is 13.2. The summed E-state index contributed by atoms with van der Waals surface area (Å²) in [6.07, 6.45) is 7.15. The van der Waals surface area contributed by atoms with Crippen molar-refractivity contribution in [2.24, 2.45) is 5.92 Å². The molecule has 0 aromatic heterocycles. The van der Waals surface area contributed by atoms with Gasteiger partial charge in [-0.1, -0.05) is 61.7 Å². The summed E-state index contributed by atoms with van der Waals surface area (Å²) in [6, 6.07) is 18.7. The van der Waals surface area contributed by atoms with E-state index in [1.165, 1.54) is 43.4 Å². The van der Waals surface area contributed by atoms with Crippen molar-refractivity contribution >= 4 is 11.6 Å². The highest BCUT2D eigenvalue weighted by Crippen LogP contribution is 2.36. The van der Waals surface area contributed by atoms with E-state index in [0.717, 1.165) is 51.4 Å². The number of nitrogens with zero attached hydrogens (tertiary/aromatic N) is 2. The van der Waals surface area contributed by atoms with Gasteiger partial charge in [0.2, 0.25) is 5.91 Å². The summed E-state index contributed by atoms with van der Waals surface area (Å²) in [5.41, 5.74) is 2.36. The number of hydrogen-bond donors (Lipinski definition) is 1. The maximum Gasteiger partial charge on any atom is 0.227 e. The summed E-state index contributed by atoms with van der Waals surface area (Å²) in [5, 5.41) is 3.28. The third-order valence-corrected chi connectivity index (χ3v) is 7.31. The number of carbonyl (C=O) groups excluding carboxylic acids is 1. The summed E-state index contributed by atoms with van der Waals surface area (Å²) in [6.45, 7) is 5.87. The zero-order chi connectivity index (χ0) is 22.9. The Balaban J connectivity index is 1.22. The molecule has 2 aromatic rings. The molecule has 1 atom stereocenters. The molecule has 178 valence electrons. The summed E-state index contributed by atoms with van der Waals surface area (Å²) in [4.78, 5) is 18.1. The van der Waals surface area contributed by atoms with Gasteiger partial charge in [-0.3, -0.25) is 9.69 Å². The van der Waals surface area contributed by atoms with Gasteiger partial charge in [0.25, 0.3) is 0 Å². The van der Waals surface area contributed by atoms with Crippen molar-refractivity contribution in [2.75, 3.05) is 51.3 Å². The number of para-hydroxylation sites is 2. The number of rotatable bonds is 9. The van der Waals surface area contributed by atoms with Crippen molar-refractivity contribution in [3.8, 4) is 5.75 Å². The van der Waals surface area contributed by atoms with Gasteiger partial charge in [0, 0.05) is 32.7 Å². The summed E-state index contributed by atoms with van der Waals surface area (Å²) < 4.78 is 5.53. The van der Waals surface area contributed by atoms with Gasteiger partial charge in [0.1, 0.15) is 5.75 Å². The van der Waals surface area contributed by atoms with Gasteiger partial charge in [0.15, 0.2) is 0 Å². The molecule has 1 aliphatic heterocycles. The van der Waals surface area contributed by atoms with Crippen LogP contribution in [0.25, 0.3) is 0 Å². The monoisotopic (exact) mass is 449 g/mol. The molecule has 1 unspecified atom stereocenters. The predicted molar refractivity (Wildman–Crippen MR) is 135 cm³/mol. The summed E-state index contributed by atoms with van der Waals surface area (Å²) in [5.74, 6) is 1.63. The Kier molecular flexibility index (Phi) is 8.65. The van der Waals surface area contributed by atoms with E-state index in [2.05, 4.69) is 51.5 Å². The Labute approximate surface area is 199 Å². The molecule has 2 aliphatic rings. The van der Waals surface area contributed by atoms with Gasteiger partial charge in [-0.25, -0.2) is 0 Å². The van der Waals surface area contributed by atoms with E-state index in [-0.39, 0.29) is 11.8 Å². The highest BCUT2D eigenvalue weighted by atomic mass is 16.5. The third-order valence-electron chi connectivity index (χ3n) is 7.31. The van der Waals surface area contributed by atoms with Crippen LogP contribution in [0.5, 0.6) is 5.75 Å². The number of benzene rings is 2. The Hall–Kier alpha value is -2.53. The van der Waals surface area contributed by atoms with Crippen LogP contribution in [-0.4, -0.2) is 57.2 Å². The maximum atomic E-state index is 13.2. The van der Waals surface area contributed by atoms with Crippen LogP contribution in [0.4, 0.5) is 5.69 Å². The first-order valence-electron chi connectivity index (χ1n) is 12.7. The fourth-order valence-electron chi connectivity index (χ4n) is 5.49. The van der Waals surface area contributed by atoms with Crippen LogP contribution < -0.4 is 15.0 Å².